The Morgan fingerprint density at radius 1 is 1.14 bits per heavy atom. The maximum absolute atomic E-state index is 12.5. The zero-order valence-electron chi connectivity index (χ0n) is 15.9. The number of hydrogen-bond acceptors (Lipinski definition) is 7. The minimum Gasteiger partial charge on any atom is -0.390 e. The summed E-state index contributed by atoms with van der Waals surface area (Å²) >= 11 is 0. The molecule has 3 heterocycles. The summed E-state index contributed by atoms with van der Waals surface area (Å²) in [6.07, 6.45) is 1.96. The van der Waals surface area contributed by atoms with Gasteiger partial charge in [0.15, 0.2) is 11.2 Å². The molecule has 0 N–H and O–H groups in total. The van der Waals surface area contributed by atoms with Gasteiger partial charge in [0, 0.05) is 7.05 Å². The Hall–Kier alpha value is -4.00. The summed E-state index contributed by atoms with van der Waals surface area (Å²) in [5, 5.41) is 17.6. The molecular formula is C19H17N7O3. The van der Waals surface area contributed by atoms with Gasteiger partial charge in [0.2, 0.25) is 5.89 Å². The van der Waals surface area contributed by atoms with Crippen molar-refractivity contribution >= 4 is 11.0 Å². The lowest BCUT2D eigenvalue weighted by Crippen LogP contribution is -2.20. The molecule has 10 nitrogen and oxygen atoms in total. The van der Waals surface area contributed by atoms with E-state index in [1.807, 2.05) is 37.3 Å². The van der Waals surface area contributed by atoms with Crippen molar-refractivity contribution in [2.75, 3.05) is 0 Å². The second-order valence-electron chi connectivity index (χ2n) is 6.70. The number of rotatable bonds is 5. The first-order chi connectivity index (χ1) is 14.0. The van der Waals surface area contributed by atoms with Crippen LogP contribution in [0.25, 0.3) is 11.0 Å². The molecular weight excluding hydrogens is 374 g/mol. The molecule has 0 radical (unpaired) electrons. The molecule has 0 atom stereocenters. The van der Waals surface area contributed by atoms with Gasteiger partial charge in [-0.25, -0.2) is 14.5 Å². The number of aromatic nitrogens is 6. The lowest BCUT2D eigenvalue weighted by atomic mass is 10.1. The molecule has 4 rings (SSSR count). The van der Waals surface area contributed by atoms with E-state index in [0.717, 1.165) is 5.56 Å². The summed E-state index contributed by atoms with van der Waals surface area (Å²) in [5.41, 5.74) is 2.28. The van der Waals surface area contributed by atoms with Crippen molar-refractivity contribution in [1.29, 1.82) is 5.26 Å². The maximum atomic E-state index is 12.5. The number of aryl methyl sites for hydroxylation is 4. The van der Waals surface area contributed by atoms with Gasteiger partial charge in [0.05, 0.1) is 12.9 Å². The summed E-state index contributed by atoms with van der Waals surface area (Å²) in [5.74, 6) is -0.492. The average Bonchev–Trinajstić information content (AvgIpc) is 3.24. The lowest BCUT2D eigenvalue weighted by Gasteiger charge is -2.01. The molecule has 4 aromatic rings. The van der Waals surface area contributed by atoms with Crippen LogP contribution < -0.4 is 11.3 Å². The van der Waals surface area contributed by atoms with Crippen molar-refractivity contribution < 1.29 is 4.42 Å². The summed E-state index contributed by atoms with van der Waals surface area (Å²) in [4.78, 5) is 28.7. The van der Waals surface area contributed by atoms with Crippen LogP contribution in [0.2, 0.25) is 0 Å². The van der Waals surface area contributed by atoms with E-state index >= 15 is 0 Å². The Balaban J connectivity index is 1.61. The molecule has 29 heavy (non-hydrogen) atoms. The van der Waals surface area contributed by atoms with Crippen molar-refractivity contribution in [2.45, 2.75) is 26.4 Å². The second kappa shape index (κ2) is 7.20. The maximum Gasteiger partial charge on any atom is 0.437 e. The van der Waals surface area contributed by atoms with Gasteiger partial charge in [-0.2, -0.15) is 15.0 Å². The predicted octanol–water partition coefficient (Wildman–Crippen LogP) is 0.751. The Kier molecular flexibility index (Phi) is 4.56. The Morgan fingerprint density at radius 2 is 1.90 bits per heavy atom. The largest absolute Gasteiger partial charge is 0.437 e. The molecule has 0 aliphatic carbocycles. The predicted molar refractivity (Wildman–Crippen MR) is 102 cm³/mol. The monoisotopic (exact) mass is 391 g/mol. The second-order valence-corrected chi connectivity index (χ2v) is 6.70. The van der Waals surface area contributed by atoms with E-state index in [9.17, 15) is 14.9 Å². The summed E-state index contributed by atoms with van der Waals surface area (Å²) < 4.78 is 9.03. The SMILES string of the molecule is Cc1ccc(CCn2nc(Cn3nc(C#N)c4ncn(C)c(=O)c43)oc2=O)cc1. The highest BCUT2D eigenvalue weighted by Crippen LogP contribution is 2.12. The van der Waals surface area contributed by atoms with E-state index in [2.05, 4.69) is 15.2 Å². The minimum absolute atomic E-state index is 0.0267. The number of nitrogens with zero attached hydrogens (tertiary/aromatic N) is 7. The fraction of sp³-hybridized carbons (Fsp3) is 0.263. The summed E-state index contributed by atoms with van der Waals surface area (Å²) in [6.45, 7) is 2.31. The fourth-order valence-electron chi connectivity index (χ4n) is 3.01. The molecule has 0 aliphatic rings. The van der Waals surface area contributed by atoms with Gasteiger partial charge in [-0.1, -0.05) is 29.8 Å². The fourth-order valence-corrected chi connectivity index (χ4v) is 3.01. The molecule has 0 aliphatic heterocycles. The molecule has 146 valence electrons. The van der Waals surface area contributed by atoms with Gasteiger partial charge < -0.3 is 8.98 Å². The lowest BCUT2D eigenvalue weighted by molar-refractivity contribution is 0.431. The summed E-state index contributed by atoms with van der Waals surface area (Å²) in [7, 11) is 1.55. The van der Waals surface area contributed by atoms with Crippen LogP contribution in [0.5, 0.6) is 0 Å². The van der Waals surface area contributed by atoms with Crippen molar-refractivity contribution in [3.8, 4) is 6.07 Å². The molecule has 3 aromatic heterocycles. The zero-order chi connectivity index (χ0) is 20.5. The van der Waals surface area contributed by atoms with Gasteiger partial charge >= 0.3 is 5.76 Å². The van der Waals surface area contributed by atoms with Gasteiger partial charge in [-0.3, -0.25) is 4.79 Å². The quantitative estimate of drug-likeness (QED) is 0.491. The van der Waals surface area contributed by atoms with Crippen LogP contribution in [-0.2, 0) is 26.6 Å². The molecule has 0 saturated carbocycles. The van der Waals surface area contributed by atoms with Crippen LogP contribution in [0.15, 0.2) is 44.6 Å². The Bertz CT molecular complexity index is 1350. The van der Waals surface area contributed by atoms with Crippen molar-refractivity contribution in [1.82, 2.24) is 29.1 Å². The van der Waals surface area contributed by atoms with E-state index in [1.54, 1.807) is 7.05 Å². The van der Waals surface area contributed by atoms with Gasteiger partial charge in [0.1, 0.15) is 18.1 Å². The van der Waals surface area contributed by atoms with Crippen LogP contribution >= 0.6 is 0 Å². The topological polar surface area (TPSA) is 125 Å². The van der Waals surface area contributed by atoms with E-state index in [0.29, 0.717) is 13.0 Å². The standard InChI is InChI=1S/C19H17N7O3/c1-12-3-5-13(6-4-12)7-8-25-19(28)29-15(23-25)10-26-17-16(14(9-20)22-26)21-11-24(2)18(17)27/h3-6,11H,7-8,10H2,1-2H3. The average molecular weight is 391 g/mol. The number of fused-ring (bicyclic) bond motifs is 1. The highest BCUT2D eigenvalue weighted by atomic mass is 16.4. The van der Waals surface area contributed by atoms with Gasteiger partial charge in [-0.15, -0.1) is 5.10 Å². The number of nitriles is 1. The van der Waals surface area contributed by atoms with Crippen molar-refractivity contribution in [3.05, 3.63) is 74.2 Å². The number of hydrogen-bond donors (Lipinski definition) is 0. The molecule has 0 spiro atoms. The molecule has 0 saturated heterocycles. The first kappa shape index (κ1) is 18.4. The van der Waals surface area contributed by atoms with Crippen LogP contribution in [0, 0.1) is 18.3 Å². The minimum atomic E-state index is -0.588. The van der Waals surface area contributed by atoms with Crippen LogP contribution in [-0.4, -0.2) is 29.1 Å². The summed E-state index contributed by atoms with van der Waals surface area (Å²) in [6, 6.07) is 9.95. The zero-order valence-corrected chi connectivity index (χ0v) is 15.9. The molecule has 0 fully saturated rings. The van der Waals surface area contributed by atoms with E-state index < -0.39 is 5.76 Å². The van der Waals surface area contributed by atoms with Crippen molar-refractivity contribution in [3.63, 3.8) is 0 Å². The van der Waals surface area contributed by atoms with E-state index in [-0.39, 0.29) is 34.7 Å². The molecule has 0 unspecified atom stereocenters. The molecule has 10 heteroatoms. The van der Waals surface area contributed by atoms with Crippen LogP contribution in [0.1, 0.15) is 22.7 Å². The van der Waals surface area contributed by atoms with Gasteiger partial charge in [-0.05, 0) is 18.9 Å². The highest BCUT2D eigenvalue weighted by molar-refractivity contribution is 5.78. The van der Waals surface area contributed by atoms with Gasteiger partial charge in [0.25, 0.3) is 5.56 Å². The van der Waals surface area contributed by atoms with Crippen molar-refractivity contribution in [2.24, 2.45) is 7.05 Å². The third-order valence-corrected chi connectivity index (χ3v) is 4.58. The normalized spacial score (nSPS) is 11.1. The third kappa shape index (κ3) is 3.45. The first-order valence-electron chi connectivity index (χ1n) is 8.91. The van der Waals surface area contributed by atoms with E-state index in [1.165, 1.54) is 25.8 Å². The van der Waals surface area contributed by atoms with Crippen LogP contribution in [0.4, 0.5) is 0 Å². The molecule has 0 bridgehead atoms. The Morgan fingerprint density at radius 3 is 2.62 bits per heavy atom. The number of benzene rings is 1. The first-order valence-corrected chi connectivity index (χ1v) is 8.91. The smallest absolute Gasteiger partial charge is 0.390 e. The molecule has 0 amide bonds. The highest BCUT2D eigenvalue weighted by Gasteiger charge is 2.18. The Labute approximate surface area is 164 Å². The van der Waals surface area contributed by atoms with Crippen LogP contribution in [0.3, 0.4) is 0 Å². The van der Waals surface area contributed by atoms with E-state index in [4.69, 9.17) is 4.42 Å². The molecule has 1 aromatic carbocycles. The third-order valence-electron chi connectivity index (χ3n) is 4.58.